The maximum Gasteiger partial charge on any atom is 0.438 e. The van der Waals surface area contributed by atoms with E-state index in [-0.39, 0.29) is 16.5 Å². The van der Waals surface area contributed by atoms with Crippen molar-refractivity contribution in [2.24, 2.45) is 5.10 Å². The van der Waals surface area contributed by atoms with E-state index < -0.39 is 24.2 Å². The highest BCUT2D eigenvalue weighted by Gasteiger charge is 2.62. The predicted molar refractivity (Wildman–Crippen MR) is 78.2 cm³/mol. The van der Waals surface area contributed by atoms with Gasteiger partial charge >= 0.3 is 6.18 Å². The van der Waals surface area contributed by atoms with Crippen molar-refractivity contribution >= 4 is 23.4 Å². The van der Waals surface area contributed by atoms with Gasteiger partial charge in [-0.3, -0.25) is 4.79 Å². The molecular weight excluding hydrogens is 317 g/mol. The summed E-state index contributed by atoms with van der Waals surface area (Å²) in [6, 6.07) is 9.26. The summed E-state index contributed by atoms with van der Waals surface area (Å²) >= 11 is 1.17. The first-order valence-corrected chi connectivity index (χ1v) is 7.67. The summed E-state index contributed by atoms with van der Waals surface area (Å²) in [7, 11) is 0. The van der Waals surface area contributed by atoms with Crippen LogP contribution in [-0.2, 0) is 10.5 Å². The minimum absolute atomic E-state index is 0.0706. The van der Waals surface area contributed by atoms with Gasteiger partial charge < -0.3 is 5.11 Å². The fourth-order valence-electron chi connectivity index (χ4n) is 2.09. The number of carbonyl (C=O) groups excluding carboxylic acids is 1. The molecule has 1 aromatic carbocycles. The van der Waals surface area contributed by atoms with E-state index in [0.717, 1.165) is 5.56 Å². The lowest BCUT2D eigenvalue weighted by atomic mass is 10.1. The molecule has 1 atom stereocenters. The number of hydrogen-bond acceptors (Lipinski definition) is 4. The van der Waals surface area contributed by atoms with E-state index in [1.165, 1.54) is 18.7 Å². The molecule has 1 amide bonds. The molecule has 0 saturated carbocycles. The molecule has 0 radical (unpaired) electrons. The number of thioether (sulfide) groups is 1. The molecule has 4 nitrogen and oxygen atoms in total. The summed E-state index contributed by atoms with van der Waals surface area (Å²) in [6.45, 7) is 1.35. The number of rotatable bonds is 4. The van der Waals surface area contributed by atoms with Crippen LogP contribution >= 0.6 is 11.8 Å². The molecule has 0 fully saturated rings. The molecule has 1 N–H and O–H groups in total. The van der Waals surface area contributed by atoms with Gasteiger partial charge in [0.2, 0.25) is 0 Å². The molecule has 2 rings (SSSR count). The molecule has 1 heterocycles. The zero-order chi connectivity index (χ0) is 16.4. The van der Waals surface area contributed by atoms with E-state index in [1.807, 2.05) is 30.3 Å². The monoisotopic (exact) mass is 332 g/mol. The highest BCUT2D eigenvalue weighted by Crippen LogP contribution is 2.40. The largest absolute Gasteiger partial charge is 0.438 e. The topological polar surface area (TPSA) is 52.9 Å². The van der Waals surface area contributed by atoms with Crippen LogP contribution in [0.2, 0.25) is 0 Å². The highest BCUT2D eigenvalue weighted by molar-refractivity contribution is 7.99. The van der Waals surface area contributed by atoms with Crippen molar-refractivity contribution in [3.8, 4) is 0 Å². The fourth-order valence-corrected chi connectivity index (χ4v) is 2.92. The van der Waals surface area contributed by atoms with Crippen molar-refractivity contribution in [2.45, 2.75) is 31.0 Å². The molecule has 1 aliphatic heterocycles. The summed E-state index contributed by atoms with van der Waals surface area (Å²) in [5.41, 5.74) is -2.20. The van der Waals surface area contributed by atoms with Crippen LogP contribution in [0.4, 0.5) is 13.2 Å². The standard InChI is InChI=1S/C14H15F3N2O2S/c1-10-7-13(21,14(15,16)17)19(18-10)12(20)9-22-8-11-5-3-2-4-6-11/h2-6,21H,7-9H2,1H3/t13-/m1/s1. The van der Waals surface area contributed by atoms with Gasteiger partial charge in [-0.05, 0) is 12.5 Å². The molecule has 0 bridgehead atoms. The number of alkyl halides is 3. The highest BCUT2D eigenvalue weighted by atomic mass is 32.2. The molecule has 22 heavy (non-hydrogen) atoms. The fraction of sp³-hybridized carbons (Fsp3) is 0.429. The molecule has 1 aliphatic rings. The predicted octanol–water partition coefficient (Wildman–Crippen LogP) is 2.78. The van der Waals surface area contributed by atoms with Gasteiger partial charge in [0.1, 0.15) is 0 Å². The van der Waals surface area contributed by atoms with Gasteiger partial charge in [-0.2, -0.15) is 23.3 Å². The number of aliphatic hydroxyl groups is 1. The van der Waals surface area contributed by atoms with Crippen molar-refractivity contribution < 1.29 is 23.1 Å². The lowest BCUT2D eigenvalue weighted by molar-refractivity contribution is -0.301. The number of carbonyl (C=O) groups is 1. The summed E-state index contributed by atoms with van der Waals surface area (Å²) in [5, 5.41) is 13.5. The molecular formula is C14H15F3N2O2S. The Balaban J connectivity index is 1.99. The Kier molecular flexibility index (Phi) is 4.81. The Hall–Kier alpha value is -1.54. The van der Waals surface area contributed by atoms with Crippen molar-refractivity contribution in [1.82, 2.24) is 5.01 Å². The number of benzene rings is 1. The lowest BCUT2D eigenvalue weighted by Crippen LogP contribution is -2.57. The quantitative estimate of drug-likeness (QED) is 0.922. The normalized spacial score (nSPS) is 21.9. The van der Waals surface area contributed by atoms with Crippen LogP contribution in [0.1, 0.15) is 18.9 Å². The Morgan fingerprint density at radius 2 is 2.05 bits per heavy atom. The van der Waals surface area contributed by atoms with Gasteiger partial charge in [0, 0.05) is 17.9 Å². The van der Waals surface area contributed by atoms with Crippen LogP contribution in [0, 0.1) is 0 Å². The van der Waals surface area contributed by atoms with E-state index >= 15 is 0 Å². The van der Waals surface area contributed by atoms with Gasteiger partial charge in [0.25, 0.3) is 11.6 Å². The van der Waals surface area contributed by atoms with E-state index in [9.17, 15) is 23.1 Å². The molecule has 120 valence electrons. The molecule has 0 aromatic heterocycles. The van der Waals surface area contributed by atoms with Crippen LogP contribution < -0.4 is 0 Å². The minimum atomic E-state index is -4.95. The first kappa shape index (κ1) is 16.8. The van der Waals surface area contributed by atoms with Crippen LogP contribution in [0.3, 0.4) is 0 Å². The minimum Gasteiger partial charge on any atom is -0.362 e. The number of amides is 1. The number of nitrogens with zero attached hydrogens (tertiary/aromatic N) is 2. The number of hydrazone groups is 1. The summed E-state index contributed by atoms with van der Waals surface area (Å²) in [4.78, 5) is 12.0. The molecule has 0 saturated heterocycles. The molecule has 1 aromatic rings. The Labute approximate surface area is 130 Å². The maximum absolute atomic E-state index is 13.0. The Bertz CT molecular complexity index is 577. The third-order valence-electron chi connectivity index (χ3n) is 3.15. The van der Waals surface area contributed by atoms with Crippen molar-refractivity contribution in [3.63, 3.8) is 0 Å². The summed E-state index contributed by atoms with van der Waals surface area (Å²) < 4.78 is 39.0. The lowest BCUT2D eigenvalue weighted by Gasteiger charge is -2.32. The third-order valence-corrected chi connectivity index (χ3v) is 4.14. The number of hydrogen-bond donors (Lipinski definition) is 1. The second kappa shape index (κ2) is 6.29. The zero-order valence-electron chi connectivity index (χ0n) is 11.8. The zero-order valence-corrected chi connectivity index (χ0v) is 12.6. The van der Waals surface area contributed by atoms with Crippen LogP contribution in [0.25, 0.3) is 0 Å². The first-order chi connectivity index (χ1) is 10.2. The Morgan fingerprint density at radius 1 is 1.41 bits per heavy atom. The van der Waals surface area contributed by atoms with Crippen molar-refractivity contribution in [1.29, 1.82) is 0 Å². The molecule has 0 unspecified atom stereocenters. The van der Waals surface area contributed by atoms with Gasteiger partial charge in [0.05, 0.1) is 5.75 Å². The van der Waals surface area contributed by atoms with Gasteiger partial charge in [-0.25, -0.2) is 0 Å². The maximum atomic E-state index is 13.0. The van der Waals surface area contributed by atoms with E-state index in [0.29, 0.717) is 5.75 Å². The van der Waals surface area contributed by atoms with E-state index in [2.05, 4.69) is 5.10 Å². The van der Waals surface area contributed by atoms with E-state index in [4.69, 9.17) is 0 Å². The van der Waals surface area contributed by atoms with Gasteiger partial charge in [-0.1, -0.05) is 30.3 Å². The summed E-state index contributed by atoms with van der Waals surface area (Å²) in [5.74, 6) is -0.560. The average molecular weight is 332 g/mol. The smallest absolute Gasteiger partial charge is 0.362 e. The molecule has 0 aliphatic carbocycles. The van der Waals surface area contributed by atoms with Crippen molar-refractivity contribution in [3.05, 3.63) is 35.9 Å². The van der Waals surface area contributed by atoms with E-state index in [1.54, 1.807) is 0 Å². The SMILES string of the molecule is CC1=NN(C(=O)CSCc2ccccc2)[C@](O)(C(F)(F)F)C1. The summed E-state index contributed by atoms with van der Waals surface area (Å²) in [6.07, 6.45) is -5.67. The van der Waals surface area contributed by atoms with Crippen LogP contribution in [0.5, 0.6) is 0 Å². The van der Waals surface area contributed by atoms with Crippen LogP contribution in [0.15, 0.2) is 35.4 Å². The average Bonchev–Trinajstić information content (AvgIpc) is 2.76. The second-order valence-electron chi connectivity index (χ2n) is 5.01. The third kappa shape index (κ3) is 3.44. The Morgan fingerprint density at radius 3 is 2.64 bits per heavy atom. The van der Waals surface area contributed by atoms with Crippen molar-refractivity contribution in [2.75, 3.05) is 5.75 Å². The number of halogens is 3. The molecule has 0 spiro atoms. The van der Waals surface area contributed by atoms with Gasteiger partial charge in [-0.15, -0.1) is 11.8 Å². The molecule has 8 heteroatoms. The first-order valence-electron chi connectivity index (χ1n) is 6.52. The second-order valence-corrected chi connectivity index (χ2v) is 6.00. The van der Waals surface area contributed by atoms with Crippen LogP contribution in [-0.4, -0.2) is 39.4 Å². The van der Waals surface area contributed by atoms with Gasteiger partial charge in [0.15, 0.2) is 0 Å².